The van der Waals surface area contributed by atoms with Crippen molar-refractivity contribution in [2.75, 3.05) is 0 Å². The molecule has 3 aromatic rings. The maximum atomic E-state index is 5.31. The van der Waals surface area contributed by atoms with E-state index in [0.717, 1.165) is 15.2 Å². The van der Waals surface area contributed by atoms with Crippen LogP contribution in [0.15, 0.2) is 27.2 Å². The molecule has 0 spiro atoms. The van der Waals surface area contributed by atoms with Gasteiger partial charge in [-0.1, -0.05) is 11.8 Å². The number of rotatable bonds is 3. The van der Waals surface area contributed by atoms with Gasteiger partial charge in [-0.05, 0) is 11.4 Å². The summed E-state index contributed by atoms with van der Waals surface area (Å²) in [6.07, 6.45) is 1.58. The molecule has 5 nitrogen and oxygen atoms in total. The quantitative estimate of drug-likeness (QED) is 0.535. The third-order valence-corrected chi connectivity index (χ3v) is 3.94. The van der Waals surface area contributed by atoms with Crippen LogP contribution in [-0.2, 0) is 5.75 Å². The highest BCUT2D eigenvalue weighted by Gasteiger charge is 2.08. The highest BCUT2D eigenvalue weighted by atomic mass is 32.2. The molecule has 86 valence electrons. The second-order valence-corrected chi connectivity index (χ2v) is 5.18. The minimum Gasteiger partial charge on any atom is -0.425 e. The van der Waals surface area contributed by atoms with Gasteiger partial charge in [-0.2, -0.15) is 0 Å². The van der Waals surface area contributed by atoms with Crippen molar-refractivity contribution >= 4 is 33.3 Å². The van der Waals surface area contributed by atoms with Crippen LogP contribution < -0.4 is 0 Å². The van der Waals surface area contributed by atoms with Gasteiger partial charge < -0.3 is 4.42 Å². The highest BCUT2D eigenvalue weighted by Crippen LogP contribution is 2.29. The summed E-state index contributed by atoms with van der Waals surface area (Å²) in [6.45, 7) is 1.78. The van der Waals surface area contributed by atoms with Crippen molar-refractivity contribution in [3.8, 4) is 0 Å². The van der Waals surface area contributed by atoms with E-state index < -0.39 is 0 Å². The number of thiophene rings is 1. The Labute approximate surface area is 105 Å². The molecule has 3 aromatic heterocycles. The van der Waals surface area contributed by atoms with Crippen LogP contribution in [0.4, 0.5) is 0 Å². The molecule has 0 amide bonds. The number of nitrogens with zero attached hydrogens (tertiary/aromatic N) is 4. The van der Waals surface area contributed by atoms with Gasteiger partial charge in [0.05, 0.1) is 5.75 Å². The van der Waals surface area contributed by atoms with Crippen LogP contribution in [0.2, 0.25) is 0 Å². The summed E-state index contributed by atoms with van der Waals surface area (Å²) in [5, 5.41) is 11.8. The molecule has 0 aliphatic carbocycles. The van der Waals surface area contributed by atoms with Crippen LogP contribution in [0.1, 0.15) is 11.8 Å². The largest absolute Gasteiger partial charge is 0.425 e. The van der Waals surface area contributed by atoms with Crippen molar-refractivity contribution in [3.05, 3.63) is 29.6 Å². The maximum Gasteiger partial charge on any atom is 0.226 e. The van der Waals surface area contributed by atoms with Crippen LogP contribution in [0.3, 0.4) is 0 Å². The molecule has 3 rings (SSSR count). The van der Waals surface area contributed by atoms with Crippen LogP contribution in [-0.4, -0.2) is 20.2 Å². The van der Waals surface area contributed by atoms with E-state index in [1.807, 2.05) is 11.4 Å². The number of aryl methyl sites for hydroxylation is 1. The predicted octanol–water partition coefficient (Wildman–Crippen LogP) is 2.68. The molecule has 7 heteroatoms. The van der Waals surface area contributed by atoms with E-state index in [2.05, 4.69) is 20.2 Å². The first-order valence-corrected chi connectivity index (χ1v) is 6.79. The second kappa shape index (κ2) is 4.42. The van der Waals surface area contributed by atoms with Gasteiger partial charge in [0, 0.05) is 12.3 Å². The molecule has 0 atom stereocenters. The molecule has 0 radical (unpaired) electrons. The fraction of sp³-hybridized carbons (Fsp3) is 0.200. The molecule has 0 bridgehead atoms. The van der Waals surface area contributed by atoms with E-state index in [1.165, 1.54) is 0 Å². The van der Waals surface area contributed by atoms with Gasteiger partial charge in [-0.15, -0.1) is 21.5 Å². The average Bonchev–Trinajstić information content (AvgIpc) is 2.94. The molecule has 0 unspecified atom stereocenters. The number of hydrogen-bond donors (Lipinski definition) is 0. The Kier molecular flexibility index (Phi) is 2.77. The normalized spacial score (nSPS) is 11.1. The molecule has 0 aromatic carbocycles. The summed E-state index contributed by atoms with van der Waals surface area (Å²) in [6, 6.07) is 2.03. The van der Waals surface area contributed by atoms with Gasteiger partial charge in [0.25, 0.3) is 0 Å². The van der Waals surface area contributed by atoms with Crippen LogP contribution >= 0.6 is 23.1 Å². The Morgan fingerprint density at radius 2 is 2.29 bits per heavy atom. The third kappa shape index (κ3) is 2.16. The Morgan fingerprint density at radius 1 is 1.35 bits per heavy atom. The van der Waals surface area contributed by atoms with Crippen molar-refractivity contribution in [2.24, 2.45) is 0 Å². The second-order valence-electron chi connectivity index (χ2n) is 3.32. The van der Waals surface area contributed by atoms with E-state index >= 15 is 0 Å². The van der Waals surface area contributed by atoms with Gasteiger partial charge >= 0.3 is 0 Å². The van der Waals surface area contributed by atoms with Gasteiger partial charge in [0.1, 0.15) is 16.2 Å². The summed E-state index contributed by atoms with van der Waals surface area (Å²) in [4.78, 5) is 9.48. The highest BCUT2D eigenvalue weighted by molar-refractivity contribution is 7.98. The fourth-order valence-electron chi connectivity index (χ4n) is 1.41. The van der Waals surface area contributed by atoms with Gasteiger partial charge in [0.2, 0.25) is 11.8 Å². The van der Waals surface area contributed by atoms with Crippen LogP contribution in [0, 0.1) is 6.92 Å². The number of hydrogen-bond acceptors (Lipinski definition) is 7. The smallest absolute Gasteiger partial charge is 0.226 e. The first-order chi connectivity index (χ1) is 8.33. The van der Waals surface area contributed by atoms with Crippen molar-refractivity contribution in [1.82, 2.24) is 20.2 Å². The molecule has 3 heterocycles. The van der Waals surface area contributed by atoms with Gasteiger partial charge in [-0.25, -0.2) is 9.97 Å². The third-order valence-electron chi connectivity index (χ3n) is 2.13. The Bertz CT molecular complexity index is 648. The van der Waals surface area contributed by atoms with E-state index in [9.17, 15) is 0 Å². The summed E-state index contributed by atoms with van der Waals surface area (Å²) in [5.41, 5.74) is 0. The van der Waals surface area contributed by atoms with Crippen molar-refractivity contribution in [1.29, 1.82) is 0 Å². The summed E-state index contributed by atoms with van der Waals surface area (Å²) in [5.74, 6) is 1.83. The van der Waals surface area contributed by atoms with E-state index in [0.29, 0.717) is 17.5 Å². The molecule has 0 saturated carbocycles. The van der Waals surface area contributed by atoms with Crippen molar-refractivity contribution < 1.29 is 4.42 Å². The molecule has 0 saturated heterocycles. The zero-order chi connectivity index (χ0) is 11.7. The van der Waals surface area contributed by atoms with E-state index in [-0.39, 0.29) is 0 Å². The fourth-order valence-corrected chi connectivity index (χ4v) is 3.02. The lowest BCUT2D eigenvalue weighted by molar-refractivity contribution is 0.485. The van der Waals surface area contributed by atoms with Crippen LogP contribution in [0.5, 0.6) is 0 Å². The molecular weight excluding hydrogens is 256 g/mol. The maximum absolute atomic E-state index is 5.31. The first kappa shape index (κ1) is 10.7. The zero-order valence-electron chi connectivity index (χ0n) is 8.95. The van der Waals surface area contributed by atoms with Crippen LogP contribution in [0.25, 0.3) is 10.2 Å². The zero-order valence-corrected chi connectivity index (χ0v) is 10.6. The standard InChI is InChI=1S/C10H8N4OS2/c1-6-13-14-8(15-6)4-17-10-7-2-3-16-9(7)11-5-12-10/h2-3,5H,4H2,1H3. The lowest BCUT2D eigenvalue weighted by Gasteiger charge is -1.98. The van der Waals surface area contributed by atoms with Crippen molar-refractivity contribution in [2.45, 2.75) is 17.7 Å². The summed E-state index contributed by atoms with van der Waals surface area (Å²) >= 11 is 3.19. The number of aromatic nitrogens is 4. The molecule has 0 N–H and O–H groups in total. The van der Waals surface area contributed by atoms with Gasteiger partial charge in [-0.3, -0.25) is 0 Å². The minimum absolute atomic E-state index is 0.587. The summed E-state index contributed by atoms with van der Waals surface area (Å²) < 4.78 is 5.31. The monoisotopic (exact) mass is 264 g/mol. The molecule has 17 heavy (non-hydrogen) atoms. The summed E-state index contributed by atoms with van der Waals surface area (Å²) in [7, 11) is 0. The van der Waals surface area contributed by atoms with E-state index in [4.69, 9.17) is 4.42 Å². The topological polar surface area (TPSA) is 64.7 Å². The van der Waals surface area contributed by atoms with Crippen molar-refractivity contribution in [3.63, 3.8) is 0 Å². The minimum atomic E-state index is 0.587. The average molecular weight is 264 g/mol. The number of thioether (sulfide) groups is 1. The lowest BCUT2D eigenvalue weighted by atomic mass is 10.4. The first-order valence-electron chi connectivity index (χ1n) is 4.93. The molecule has 0 fully saturated rings. The lowest BCUT2D eigenvalue weighted by Crippen LogP contribution is -1.85. The Hall–Kier alpha value is -1.47. The van der Waals surface area contributed by atoms with Gasteiger partial charge in [0.15, 0.2) is 0 Å². The Morgan fingerprint density at radius 3 is 3.12 bits per heavy atom. The molecular formula is C10H8N4OS2. The molecule has 0 aliphatic heterocycles. The number of fused-ring (bicyclic) bond motifs is 1. The SMILES string of the molecule is Cc1nnc(CSc2ncnc3sccc23)o1. The van der Waals surface area contributed by atoms with E-state index in [1.54, 1.807) is 36.3 Å². The Balaban J connectivity index is 1.83. The molecule has 0 aliphatic rings. The predicted molar refractivity (Wildman–Crippen MR) is 66.0 cm³/mol.